The molecular weight excluding hydrogens is 312 g/mol. The molecule has 2 aromatic rings. The largest absolute Gasteiger partial charge is 0.383 e. The third kappa shape index (κ3) is 4.96. The molecule has 0 aliphatic rings. The highest BCUT2D eigenvalue weighted by Gasteiger charge is 2.08. The molecule has 7 nitrogen and oxygen atoms in total. The zero-order valence-electron chi connectivity index (χ0n) is 11.3. The molecule has 0 atom stereocenters. The van der Waals surface area contributed by atoms with Crippen LogP contribution < -0.4 is 5.32 Å². The molecule has 9 heteroatoms. The number of non-ortho nitro benzene ring substituents is 1. The van der Waals surface area contributed by atoms with E-state index in [9.17, 15) is 10.1 Å². The number of nitrogens with zero attached hydrogens (tertiary/aromatic N) is 3. The highest BCUT2D eigenvalue weighted by Crippen LogP contribution is 2.29. The Labute approximate surface area is 129 Å². The number of rotatable bonds is 8. The number of methoxy groups -OCH3 is 1. The number of nitro benzene ring substituents is 1. The average molecular weight is 326 g/mol. The molecule has 0 radical (unpaired) electrons. The van der Waals surface area contributed by atoms with Crippen molar-refractivity contribution in [2.24, 2.45) is 0 Å². The number of hydrogen-bond donors (Lipinski definition) is 1. The van der Waals surface area contributed by atoms with Crippen LogP contribution in [0.1, 0.15) is 5.56 Å². The second kappa shape index (κ2) is 7.91. The van der Waals surface area contributed by atoms with Gasteiger partial charge >= 0.3 is 0 Å². The molecule has 0 saturated carbocycles. The normalized spacial score (nSPS) is 10.5. The predicted octanol–water partition coefficient (Wildman–Crippen LogP) is 2.80. The number of nitrogens with one attached hydrogen (secondary N) is 1. The Bertz CT molecular complexity index is 606. The molecule has 0 bridgehead atoms. The Morgan fingerprint density at radius 3 is 3.10 bits per heavy atom. The second-order valence-corrected chi connectivity index (χ2v) is 6.21. The quantitative estimate of drug-likeness (QED) is 0.345. The maximum absolute atomic E-state index is 10.7. The van der Waals surface area contributed by atoms with Gasteiger partial charge in [0, 0.05) is 31.5 Å². The Balaban J connectivity index is 1.88. The van der Waals surface area contributed by atoms with Crippen LogP contribution in [0, 0.1) is 10.1 Å². The lowest BCUT2D eigenvalue weighted by Crippen LogP contribution is -2.06. The number of nitro groups is 1. The fourth-order valence-electron chi connectivity index (χ4n) is 1.50. The van der Waals surface area contributed by atoms with E-state index in [2.05, 4.69) is 15.5 Å². The van der Waals surface area contributed by atoms with Crippen LogP contribution in [-0.4, -0.2) is 35.4 Å². The van der Waals surface area contributed by atoms with Crippen molar-refractivity contribution in [3.63, 3.8) is 0 Å². The smallest absolute Gasteiger partial charge is 0.269 e. The molecule has 2 rings (SSSR count). The van der Waals surface area contributed by atoms with Gasteiger partial charge in [-0.25, -0.2) is 0 Å². The average Bonchev–Trinajstić information content (AvgIpc) is 2.94. The summed E-state index contributed by atoms with van der Waals surface area (Å²) in [5.41, 5.74) is 0.991. The highest BCUT2D eigenvalue weighted by molar-refractivity contribution is 8.00. The second-order valence-electron chi connectivity index (χ2n) is 4.01. The first-order valence-corrected chi connectivity index (χ1v) is 7.91. The molecule has 1 heterocycles. The van der Waals surface area contributed by atoms with Gasteiger partial charge in [0.25, 0.3) is 5.69 Å². The van der Waals surface area contributed by atoms with Gasteiger partial charge in [-0.1, -0.05) is 35.2 Å². The molecule has 0 aliphatic heterocycles. The van der Waals surface area contributed by atoms with Crippen LogP contribution in [-0.2, 0) is 10.5 Å². The van der Waals surface area contributed by atoms with Gasteiger partial charge in [-0.05, 0) is 5.56 Å². The molecule has 0 unspecified atom stereocenters. The summed E-state index contributed by atoms with van der Waals surface area (Å²) >= 11 is 2.96. The van der Waals surface area contributed by atoms with E-state index in [0.717, 1.165) is 15.0 Å². The van der Waals surface area contributed by atoms with Crippen LogP contribution in [0.15, 0.2) is 28.6 Å². The van der Waals surface area contributed by atoms with Gasteiger partial charge in [-0.3, -0.25) is 10.1 Å². The van der Waals surface area contributed by atoms with Crippen LogP contribution >= 0.6 is 23.1 Å². The summed E-state index contributed by atoms with van der Waals surface area (Å²) in [6.45, 7) is 1.29. The Hall–Kier alpha value is -1.71. The third-order valence-corrected chi connectivity index (χ3v) is 4.56. The number of anilines is 1. The lowest BCUT2D eigenvalue weighted by molar-refractivity contribution is -0.384. The number of hydrogen-bond acceptors (Lipinski definition) is 8. The SMILES string of the molecule is COCCNc1nnc(SCc2cccc([N+](=O)[O-])c2)s1. The molecular formula is C12H14N4O3S2. The molecule has 0 amide bonds. The van der Waals surface area contributed by atoms with Crippen molar-refractivity contribution in [2.45, 2.75) is 10.1 Å². The van der Waals surface area contributed by atoms with Crippen molar-refractivity contribution in [1.29, 1.82) is 0 Å². The third-order valence-electron chi connectivity index (χ3n) is 2.47. The predicted molar refractivity (Wildman–Crippen MR) is 82.9 cm³/mol. The van der Waals surface area contributed by atoms with Gasteiger partial charge in [0.05, 0.1) is 11.5 Å². The molecule has 1 aromatic carbocycles. The van der Waals surface area contributed by atoms with Crippen molar-refractivity contribution in [3.8, 4) is 0 Å². The Morgan fingerprint density at radius 2 is 2.33 bits per heavy atom. The van der Waals surface area contributed by atoms with E-state index in [1.807, 2.05) is 6.07 Å². The molecule has 1 aromatic heterocycles. The van der Waals surface area contributed by atoms with E-state index < -0.39 is 4.92 Å². The fourth-order valence-corrected chi connectivity index (χ4v) is 3.22. The number of aromatic nitrogens is 2. The van der Waals surface area contributed by atoms with Crippen LogP contribution in [0.4, 0.5) is 10.8 Å². The van der Waals surface area contributed by atoms with Crippen molar-refractivity contribution < 1.29 is 9.66 Å². The molecule has 0 spiro atoms. The maximum Gasteiger partial charge on any atom is 0.269 e. The van der Waals surface area contributed by atoms with Gasteiger partial charge in [-0.2, -0.15) is 0 Å². The van der Waals surface area contributed by atoms with Gasteiger partial charge < -0.3 is 10.1 Å². The Morgan fingerprint density at radius 1 is 1.48 bits per heavy atom. The van der Waals surface area contributed by atoms with Crippen LogP contribution in [0.2, 0.25) is 0 Å². The molecule has 0 fully saturated rings. The minimum Gasteiger partial charge on any atom is -0.383 e. The van der Waals surface area contributed by atoms with Crippen molar-refractivity contribution in [2.75, 3.05) is 25.6 Å². The van der Waals surface area contributed by atoms with Gasteiger partial charge in [-0.15, -0.1) is 10.2 Å². The van der Waals surface area contributed by atoms with E-state index in [-0.39, 0.29) is 5.69 Å². The first-order valence-electron chi connectivity index (χ1n) is 6.11. The maximum atomic E-state index is 10.7. The number of thioether (sulfide) groups is 1. The topological polar surface area (TPSA) is 90.2 Å². The minimum absolute atomic E-state index is 0.104. The monoisotopic (exact) mass is 326 g/mol. The highest BCUT2D eigenvalue weighted by atomic mass is 32.2. The van der Waals surface area contributed by atoms with Gasteiger partial charge in [0.15, 0.2) is 4.34 Å². The number of ether oxygens (including phenoxy) is 1. The van der Waals surface area contributed by atoms with Gasteiger partial charge in [0.1, 0.15) is 0 Å². The fraction of sp³-hybridized carbons (Fsp3) is 0.333. The summed E-state index contributed by atoms with van der Waals surface area (Å²) in [6, 6.07) is 6.60. The first kappa shape index (κ1) is 15.7. The molecule has 112 valence electrons. The summed E-state index contributed by atoms with van der Waals surface area (Å²) in [6.07, 6.45) is 0. The van der Waals surface area contributed by atoms with Crippen LogP contribution in [0.5, 0.6) is 0 Å². The van der Waals surface area contributed by atoms with E-state index in [0.29, 0.717) is 18.9 Å². The van der Waals surface area contributed by atoms with E-state index in [4.69, 9.17) is 4.74 Å². The summed E-state index contributed by atoms with van der Waals surface area (Å²) in [4.78, 5) is 10.3. The molecule has 1 N–H and O–H groups in total. The zero-order valence-corrected chi connectivity index (χ0v) is 12.9. The number of benzene rings is 1. The lowest BCUT2D eigenvalue weighted by atomic mass is 10.2. The van der Waals surface area contributed by atoms with E-state index >= 15 is 0 Å². The zero-order chi connectivity index (χ0) is 15.1. The van der Waals surface area contributed by atoms with Crippen LogP contribution in [0.25, 0.3) is 0 Å². The van der Waals surface area contributed by atoms with Crippen molar-refractivity contribution >= 4 is 33.9 Å². The summed E-state index contributed by atoms with van der Waals surface area (Å²) in [7, 11) is 1.64. The van der Waals surface area contributed by atoms with Gasteiger partial charge in [0.2, 0.25) is 5.13 Å². The lowest BCUT2D eigenvalue weighted by Gasteiger charge is -1.99. The molecule has 21 heavy (non-hydrogen) atoms. The van der Waals surface area contributed by atoms with E-state index in [1.165, 1.54) is 29.2 Å². The first-order chi connectivity index (χ1) is 10.2. The molecule has 0 aliphatic carbocycles. The summed E-state index contributed by atoms with van der Waals surface area (Å²) in [5, 5.41) is 22.6. The Kier molecular flexibility index (Phi) is 5.90. The van der Waals surface area contributed by atoms with E-state index in [1.54, 1.807) is 19.2 Å². The summed E-state index contributed by atoms with van der Waals surface area (Å²) in [5.74, 6) is 0.619. The molecule has 0 saturated heterocycles. The standard InChI is InChI=1S/C12H14N4O3S2/c1-19-6-5-13-11-14-15-12(21-11)20-8-9-3-2-4-10(7-9)16(17)18/h2-4,7H,5-6,8H2,1H3,(H,13,14). The van der Waals surface area contributed by atoms with Crippen molar-refractivity contribution in [1.82, 2.24) is 10.2 Å². The van der Waals surface area contributed by atoms with Crippen LogP contribution in [0.3, 0.4) is 0 Å². The summed E-state index contributed by atoms with van der Waals surface area (Å²) < 4.78 is 5.76. The minimum atomic E-state index is -0.392. The van der Waals surface area contributed by atoms with Crippen molar-refractivity contribution in [3.05, 3.63) is 39.9 Å².